The summed E-state index contributed by atoms with van der Waals surface area (Å²) >= 11 is 0. The summed E-state index contributed by atoms with van der Waals surface area (Å²) in [5.41, 5.74) is 1.72. The second-order valence-electron chi connectivity index (χ2n) is 4.09. The molecule has 4 heteroatoms. The number of carboxylic acids is 1. The van der Waals surface area contributed by atoms with Crippen molar-refractivity contribution in [3.8, 4) is 5.75 Å². The molecule has 2 rings (SSSR count). The molecule has 0 spiro atoms. The molecular formula is C13H14O4. The third-order valence-electron chi connectivity index (χ3n) is 2.81. The molecule has 1 aromatic carbocycles. The lowest BCUT2D eigenvalue weighted by Crippen LogP contribution is -2.02. The van der Waals surface area contributed by atoms with E-state index in [1.54, 1.807) is 6.07 Å². The van der Waals surface area contributed by atoms with E-state index in [0.717, 1.165) is 17.7 Å². The molecule has 1 aliphatic rings. The van der Waals surface area contributed by atoms with Crippen molar-refractivity contribution in [2.24, 2.45) is 0 Å². The molecule has 1 heterocycles. The summed E-state index contributed by atoms with van der Waals surface area (Å²) in [4.78, 5) is 22.1. The number of ether oxygens (including phenoxy) is 1. The molecule has 0 saturated carbocycles. The fourth-order valence-electron chi connectivity index (χ4n) is 1.90. The van der Waals surface area contributed by atoms with Gasteiger partial charge < -0.3 is 9.84 Å². The minimum absolute atomic E-state index is 0.000880. The van der Waals surface area contributed by atoms with Gasteiger partial charge in [0.1, 0.15) is 5.75 Å². The van der Waals surface area contributed by atoms with Gasteiger partial charge in [-0.3, -0.25) is 9.59 Å². The number of carboxylic acid groups (broad SMARTS) is 1. The van der Waals surface area contributed by atoms with Crippen molar-refractivity contribution in [1.82, 2.24) is 0 Å². The molecule has 0 aromatic heterocycles. The predicted octanol–water partition coefficient (Wildman–Crippen LogP) is 2.06. The molecule has 0 bridgehead atoms. The van der Waals surface area contributed by atoms with Crippen LogP contribution in [0.2, 0.25) is 0 Å². The van der Waals surface area contributed by atoms with Crippen LogP contribution in [-0.4, -0.2) is 23.5 Å². The summed E-state index contributed by atoms with van der Waals surface area (Å²) in [6.07, 6.45) is 1.55. The maximum Gasteiger partial charge on any atom is 0.303 e. The minimum Gasteiger partial charge on any atom is -0.493 e. The lowest BCUT2D eigenvalue weighted by atomic mass is 10.0. The zero-order valence-electron chi connectivity index (χ0n) is 9.44. The largest absolute Gasteiger partial charge is 0.493 e. The van der Waals surface area contributed by atoms with Crippen molar-refractivity contribution in [1.29, 1.82) is 0 Å². The van der Waals surface area contributed by atoms with E-state index >= 15 is 0 Å². The van der Waals surface area contributed by atoms with Crippen molar-refractivity contribution in [3.63, 3.8) is 0 Å². The van der Waals surface area contributed by atoms with Crippen LogP contribution in [0.4, 0.5) is 0 Å². The van der Waals surface area contributed by atoms with Crippen LogP contribution in [0.3, 0.4) is 0 Å². The van der Waals surface area contributed by atoms with Crippen LogP contribution in [0.25, 0.3) is 0 Å². The molecule has 4 nitrogen and oxygen atoms in total. The van der Waals surface area contributed by atoms with Gasteiger partial charge in [-0.15, -0.1) is 0 Å². The van der Waals surface area contributed by atoms with E-state index in [-0.39, 0.29) is 18.6 Å². The quantitative estimate of drug-likeness (QED) is 0.792. The Morgan fingerprint density at radius 1 is 1.29 bits per heavy atom. The van der Waals surface area contributed by atoms with Gasteiger partial charge in [-0.1, -0.05) is 0 Å². The molecule has 0 amide bonds. The molecule has 0 saturated heterocycles. The third-order valence-corrected chi connectivity index (χ3v) is 2.81. The van der Waals surface area contributed by atoms with Gasteiger partial charge >= 0.3 is 5.97 Å². The van der Waals surface area contributed by atoms with Crippen LogP contribution in [0, 0.1) is 0 Å². The SMILES string of the molecule is O=C(O)CCCC(=O)c1ccc2c(c1)CCO2. The summed E-state index contributed by atoms with van der Waals surface area (Å²) < 4.78 is 5.36. The number of carbonyl (C=O) groups is 2. The highest BCUT2D eigenvalue weighted by atomic mass is 16.5. The lowest BCUT2D eigenvalue weighted by Gasteiger charge is -2.03. The second-order valence-corrected chi connectivity index (χ2v) is 4.09. The van der Waals surface area contributed by atoms with Crippen molar-refractivity contribution < 1.29 is 19.4 Å². The van der Waals surface area contributed by atoms with E-state index in [2.05, 4.69) is 0 Å². The molecular weight excluding hydrogens is 220 g/mol. The van der Waals surface area contributed by atoms with Crippen molar-refractivity contribution in [2.45, 2.75) is 25.7 Å². The number of aliphatic carboxylic acids is 1. The van der Waals surface area contributed by atoms with Crippen LogP contribution in [-0.2, 0) is 11.2 Å². The van der Waals surface area contributed by atoms with Gasteiger partial charge in [0.25, 0.3) is 0 Å². The molecule has 1 aliphatic heterocycles. The normalized spacial score (nSPS) is 12.9. The lowest BCUT2D eigenvalue weighted by molar-refractivity contribution is -0.137. The van der Waals surface area contributed by atoms with E-state index in [1.807, 2.05) is 12.1 Å². The Morgan fingerprint density at radius 3 is 2.88 bits per heavy atom. The third kappa shape index (κ3) is 2.84. The first-order chi connectivity index (χ1) is 8.16. The number of ketones is 1. The number of hydrogen-bond acceptors (Lipinski definition) is 3. The average Bonchev–Trinajstić information content (AvgIpc) is 2.75. The Bertz CT molecular complexity index is 451. The Kier molecular flexibility index (Phi) is 3.42. The molecule has 0 aliphatic carbocycles. The van der Waals surface area contributed by atoms with Crippen LogP contribution >= 0.6 is 0 Å². The number of hydrogen-bond donors (Lipinski definition) is 1. The summed E-state index contributed by atoms with van der Waals surface area (Å²) in [5, 5.41) is 8.50. The maximum atomic E-state index is 11.8. The highest BCUT2D eigenvalue weighted by molar-refractivity contribution is 5.96. The van der Waals surface area contributed by atoms with Crippen LogP contribution in [0.1, 0.15) is 35.2 Å². The Hall–Kier alpha value is -1.84. The summed E-state index contributed by atoms with van der Waals surface area (Å²) in [6.45, 7) is 0.673. The molecule has 17 heavy (non-hydrogen) atoms. The average molecular weight is 234 g/mol. The fraction of sp³-hybridized carbons (Fsp3) is 0.385. The van der Waals surface area contributed by atoms with Gasteiger partial charge in [-0.05, 0) is 30.2 Å². The molecule has 0 unspecified atom stereocenters. The number of rotatable bonds is 5. The van der Waals surface area contributed by atoms with Gasteiger partial charge in [-0.2, -0.15) is 0 Å². The van der Waals surface area contributed by atoms with Gasteiger partial charge in [0.15, 0.2) is 5.78 Å². The predicted molar refractivity (Wildman–Crippen MR) is 61.5 cm³/mol. The van der Waals surface area contributed by atoms with Crippen molar-refractivity contribution in [2.75, 3.05) is 6.61 Å². The van der Waals surface area contributed by atoms with Gasteiger partial charge in [-0.25, -0.2) is 0 Å². The maximum absolute atomic E-state index is 11.8. The standard InChI is InChI=1S/C13H14O4/c14-11(2-1-3-13(15)16)9-4-5-12-10(8-9)6-7-17-12/h4-5,8H,1-3,6-7H2,(H,15,16). The molecule has 0 atom stereocenters. The van der Waals surface area contributed by atoms with Crippen LogP contribution in [0.5, 0.6) is 5.75 Å². The molecule has 1 N–H and O–H groups in total. The summed E-state index contributed by atoms with van der Waals surface area (Å²) in [7, 11) is 0. The summed E-state index contributed by atoms with van der Waals surface area (Å²) in [6, 6.07) is 5.41. The smallest absolute Gasteiger partial charge is 0.303 e. The number of Topliss-reactive ketones (excluding diaryl/α,β-unsaturated/α-hetero) is 1. The second kappa shape index (κ2) is 4.99. The Balaban J connectivity index is 1.97. The first-order valence-corrected chi connectivity index (χ1v) is 5.67. The number of carbonyl (C=O) groups excluding carboxylic acids is 1. The van der Waals surface area contributed by atoms with Gasteiger partial charge in [0.05, 0.1) is 6.61 Å². The van der Waals surface area contributed by atoms with Crippen molar-refractivity contribution >= 4 is 11.8 Å². The Morgan fingerprint density at radius 2 is 2.12 bits per heavy atom. The topological polar surface area (TPSA) is 63.6 Å². The van der Waals surface area contributed by atoms with Crippen LogP contribution in [0.15, 0.2) is 18.2 Å². The molecule has 90 valence electrons. The minimum atomic E-state index is -0.861. The van der Waals surface area contributed by atoms with E-state index in [0.29, 0.717) is 18.6 Å². The zero-order valence-corrected chi connectivity index (χ0v) is 9.44. The zero-order chi connectivity index (χ0) is 12.3. The van der Waals surface area contributed by atoms with Crippen LogP contribution < -0.4 is 4.74 Å². The summed E-state index contributed by atoms with van der Waals surface area (Å²) in [5.74, 6) is -0.00631. The number of benzene rings is 1. The monoisotopic (exact) mass is 234 g/mol. The Labute approximate surface area is 99.2 Å². The van der Waals surface area contributed by atoms with E-state index in [1.165, 1.54) is 0 Å². The molecule has 0 radical (unpaired) electrons. The highest BCUT2D eigenvalue weighted by Gasteiger charge is 2.14. The van der Waals surface area contributed by atoms with E-state index in [9.17, 15) is 9.59 Å². The van der Waals surface area contributed by atoms with E-state index in [4.69, 9.17) is 9.84 Å². The van der Waals surface area contributed by atoms with Gasteiger partial charge in [0.2, 0.25) is 0 Å². The number of fused-ring (bicyclic) bond motifs is 1. The molecule has 0 fully saturated rings. The van der Waals surface area contributed by atoms with E-state index < -0.39 is 5.97 Å². The van der Waals surface area contributed by atoms with Crippen molar-refractivity contribution in [3.05, 3.63) is 29.3 Å². The first kappa shape index (κ1) is 11.6. The fourth-order valence-corrected chi connectivity index (χ4v) is 1.90. The van der Waals surface area contributed by atoms with Gasteiger partial charge in [0, 0.05) is 24.8 Å². The molecule has 1 aromatic rings. The first-order valence-electron chi connectivity index (χ1n) is 5.67. The highest BCUT2D eigenvalue weighted by Crippen LogP contribution is 2.26.